The van der Waals surface area contributed by atoms with Crippen LogP contribution in [0, 0.1) is 6.92 Å². The maximum atomic E-state index is 12.2. The second kappa shape index (κ2) is 11.9. The second-order valence-electron chi connectivity index (χ2n) is 6.58. The van der Waals surface area contributed by atoms with Crippen LogP contribution in [0.25, 0.3) is 0 Å². The van der Waals surface area contributed by atoms with E-state index >= 15 is 0 Å². The van der Waals surface area contributed by atoms with E-state index in [1.165, 1.54) is 0 Å². The number of nitrogens with one attached hydrogen (secondary N) is 3. The number of guanidine groups is 1. The molecule has 0 atom stereocenters. The van der Waals surface area contributed by atoms with E-state index in [2.05, 4.69) is 20.9 Å². The number of hydrogen-bond donors (Lipinski definition) is 3. The fraction of sp³-hybridized carbons (Fsp3) is 0.364. The Morgan fingerprint density at radius 2 is 1.80 bits per heavy atom. The maximum absolute atomic E-state index is 12.2. The molecule has 0 aliphatic rings. The van der Waals surface area contributed by atoms with Gasteiger partial charge in [0.05, 0.1) is 14.2 Å². The molecule has 2 aromatic rings. The Kier molecular flexibility index (Phi) is 9.28. The molecular weight excluding hydrogens is 404 g/mol. The Morgan fingerprint density at radius 1 is 1.07 bits per heavy atom. The molecule has 0 radical (unpaired) electrons. The van der Waals surface area contributed by atoms with E-state index in [0.29, 0.717) is 42.0 Å². The van der Waals surface area contributed by atoms with Crippen molar-refractivity contribution in [3.8, 4) is 11.5 Å². The van der Waals surface area contributed by atoms with Gasteiger partial charge in [-0.2, -0.15) is 0 Å². The van der Waals surface area contributed by atoms with Crippen molar-refractivity contribution in [2.75, 3.05) is 39.7 Å². The quantitative estimate of drug-likeness (QED) is 0.417. The van der Waals surface area contributed by atoms with Crippen molar-refractivity contribution in [1.82, 2.24) is 10.6 Å². The molecule has 0 heterocycles. The number of anilines is 1. The minimum Gasteiger partial charge on any atom is -0.493 e. The van der Waals surface area contributed by atoms with Crippen LogP contribution in [0.1, 0.15) is 17.5 Å². The first-order valence-electron chi connectivity index (χ1n) is 9.68. The first kappa shape index (κ1) is 23.3. The van der Waals surface area contributed by atoms with Gasteiger partial charge in [0.1, 0.15) is 0 Å². The standard InChI is InChI=1S/C22H29ClN4O3/c1-15-17(23)6-5-7-18(15)27-21(28)11-13-26-22(24-2)25-12-10-16-8-9-19(29-3)20(14-16)30-4/h5-9,14H,10-13H2,1-4H3,(H,27,28)(H2,24,25,26). The van der Waals surface area contributed by atoms with E-state index in [9.17, 15) is 4.79 Å². The molecule has 1 amide bonds. The average molecular weight is 433 g/mol. The van der Waals surface area contributed by atoms with Gasteiger partial charge in [-0.05, 0) is 48.7 Å². The van der Waals surface area contributed by atoms with Crippen molar-refractivity contribution >= 4 is 29.2 Å². The van der Waals surface area contributed by atoms with Crippen molar-refractivity contribution in [2.45, 2.75) is 19.8 Å². The van der Waals surface area contributed by atoms with E-state index in [1.807, 2.05) is 37.3 Å². The van der Waals surface area contributed by atoms with E-state index in [1.54, 1.807) is 27.3 Å². The monoisotopic (exact) mass is 432 g/mol. The molecule has 2 aromatic carbocycles. The van der Waals surface area contributed by atoms with Crippen LogP contribution in [-0.4, -0.2) is 46.2 Å². The van der Waals surface area contributed by atoms with Crippen molar-refractivity contribution in [3.63, 3.8) is 0 Å². The van der Waals surface area contributed by atoms with Crippen LogP contribution in [0.5, 0.6) is 11.5 Å². The van der Waals surface area contributed by atoms with Gasteiger partial charge in [-0.1, -0.05) is 23.7 Å². The summed E-state index contributed by atoms with van der Waals surface area (Å²) in [5, 5.41) is 9.90. The van der Waals surface area contributed by atoms with Gasteiger partial charge < -0.3 is 25.4 Å². The van der Waals surface area contributed by atoms with E-state index < -0.39 is 0 Å². The molecule has 30 heavy (non-hydrogen) atoms. The molecule has 0 saturated carbocycles. The highest BCUT2D eigenvalue weighted by molar-refractivity contribution is 6.31. The first-order valence-corrected chi connectivity index (χ1v) is 10.1. The lowest BCUT2D eigenvalue weighted by molar-refractivity contribution is -0.116. The van der Waals surface area contributed by atoms with Gasteiger partial charge in [0.15, 0.2) is 17.5 Å². The summed E-state index contributed by atoms with van der Waals surface area (Å²) in [6.07, 6.45) is 1.10. The predicted molar refractivity (Wildman–Crippen MR) is 122 cm³/mol. The van der Waals surface area contributed by atoms with Crippen molar-refractivity contribution < 1.29 is 14.3 Å². The number of carbonyl (C=O) groups excluding carboxylic acids is 1. The summed E-state index contributed by atoms with van der Waals surface area (Å²) >= 11 is 6.09. The summed E-state index contributed by atoms with van der Waals surface area (Å²) < 4.78 is 10.6. The van der Waals surface area contributed by atoms with Gasteiger partial charge in [0.25, 0.3) is 0 Å². The summed E-state index contributed by atoms with van der Waals surface area (Å²) in [5.74, 6) is 1.97. The summed E-state index contributed by atoms with van der Waals surface area (Å²) in [4.78, 5) is 16.4. The predicted octanol–water partition coefficient (Wildman–Crippen LogP) is 3.40. The first-order chi connectivity index (χ1) is 14.5. The summed E-state index contributed by atoms with van der Waals surface area (Å²) in [7, 11) is 4.93. The molecule has 0 bridgehead atoms. The molecule has 0 aliphatic heterocycles. The maximum Gasteiger partial charge on any atom is 0.226 e. The number of nitrogens with zero attached hydrogens (tertiary/aromatic N) is 1. The zero-order chi connectivity index (χ0) is 21.9. The van der Waals surface area contributed by atoms with Crippen LogP contribution in [-0.2, 0) is 11.2 Å². The fourth-order valence-corrected chi connectivity index (χ4v) is 3.01. The van der Waals surface area contributed by atoms with Gasteiger partial charge in [0.2, 0.25) is 5.91 Å². The van der Waals surface area contributed by atoms with E-state index in [0.717, 1.165) is 23.2 Å². The molecule has 0 fully saturated rings. The number of rotatable bonds is 9. The Balaban J connectivity index is 1.74. The molecule has 0 saturated heterocycles. The molecule has 162 valence electrons. The number of halogens is 1. The zero-order valence-electron chi connectivity index (χ0n) is 17.8. The SMILES string of the molecule is CN=C(NCCC(=O)Nc1cccc(Cl)c1C)NCCc1ccc(OC)c(OC)c1. The van der Waals surface area contributed by atoms with E-state index in [4.69, 9.17) is 21.1 Å². The molecule has 3 N–H and O–H groups in total. The Bertz CT molecular complexity index is 887. The minimum absolute atomic E-state index is 0.0892. The Morgan fingerprint density at radius 3 is 2.50 bits per heavy atom. The van der Waals surface area contributed by atoms with Crippen LogP contribution in [0.15, 0.2) is 41.4 Å². The Labute approximate surface area is 182 Å². The number of hydrogen-bond acceptors (Lipinski definition) is 4. The molecule has 0 spiro atoms. The molecule has 0 aromatic heterocycles. The minimum atomic E-state index is -0.0892. The third kappa shape index (κ3) is 6.84. The molecule has 8 heteroatoms. The molecule has 0 unspecified atom stereocenters. The van der Waals surface area contributed by atoms with Crippen LogP contribution >= 0.6 is 11.6 Å². The largest absolute Gasteiger partial charge is 0.493 e. The van der Waals surface area contributed by atoms with Crippen molar-refractivity contribution in [1.29, 1.82) is 0 Å². The van der Waals surface area contributed by atoms with Crippen LogP contribution < -0.4 is 25.4 Å². The third-order valence-corrected chi connectivity index (χ3v) is 4.97. The lowest BCUT2D eigenvalue weighted by Crippen LogP contribution is -2.39. The summed E-state index contributed by atoms with van der Waals surface area (Å²) in [6.45, 7) is 3.02. The van der Waals surface area contributed by atoms with Crippen LogP contribution in [0.2, 0.25) is 5.02 Å². The lowest BCUT2D eigenvalue weighted by atomic mass is 10.1. The molecule has 2 rings (SSSR count). The number of benzene rings is 2. The smallest absolute Gasteiger partial charge is 0.226 e. The fourth-order valence-electron chi connectivity index (χ4n) is 2.83. The lowest BCUT2D eigenvalue weighted by Gasteiger charge is -2.13. The number of ether oxygens (including phenoxy) is 2. The van der Waals surface area contributed by atoms with Gasteiger partial charge in [0, 0.05) is 37.3 Å². The van der Waals surface area contributed by atoms with Crippen molar-refractivity contribution in [2.24, 2.45) is 4.99 Å². The normalized spacial score (nSPS) is 11.0. The number of aliphatic imine (C=N–C) groups is 1. The van der Waals surface area contributed by atoms with Gasteiger partial charge in [-0.25, -0.2) is 0 Å². The van der Waals surface area contributed by atoms with Gasteiger partial charge in [-0.15, -0.1) is 0 Å². The summed E-state index contributed by atoms with van der Waals surface area (Å²) in [5.41, 5.74) is 2.70. The number of amides is 1. The Hall–Kier alpha value is -2.93. The highest BCUT2D eigenvalue weighted by Gasteiger charge is 2.08. The van der Waals surface area contributed by atoms with Crippen molar-refractivity contribution in [3.05, 3.63) is 52.5 Å². The van der Waals surface area contributed by atoms with Gasteiger partial charge >= 0.3 is 0 Å². The highest BCUT2D eigenvalue weighted by atomic mass is 35.5. The molecule has 7 nitrogen and oxygen atoms in total. The topological polar surface area (TPSA) is 84.0 Å². The number of methoxy groups -OCH3 is 2. The molecular formula is C22H29ClN4O3. The average Bonchev–Trinajstić information content (AvgIpc) is 2.75. The highest BCUT2D eigenvalue weighted by Crippen LogP contribution is 2.27. The summed E-state index contributed by atoms with van der Waals surface area (Å²) in [6, 6.07) is 11.3. The second-order valence-corrected chi connectivity index (χ2v) is 6.98. The van der Waals surface area contributed by atoms with Crippen LogP contribution in [0.4, 0.5) is 5.69 Å². The van der Waals surface area contributed by atoms with E-state index in [-0.39, 0.29) is 5.91 Å². The van der Waals surface area contributed by atoms with Crippen LogP contribution in [0.3, 0.4) is 0 Å². The van der Waals surface area contributed by atoms with Gasteiger partial charge in [-0.3, -0.25) is 9.79 Å². The third-order valence-electron chi connectivity index (χ3n) is 4.56. The molecule has 0 aliphatic carbocycles. The number of carbonyl (C=O) groups is 1. The zero-order valence-corrected chi connectivity index (χ0v) is 18.6.